The van der Waals surface area contributed by atoms with Gasteiger partial charge in [0.25, 0.3) is 15.9 Å². The summed E-state index contributed by atoms with van der Waals surface area (Å²) in [4.78, 5) is 14.3. The number of rotatable bonds is 10. The number of amides is 1. The molecule has 1 amide bonds. The molecule has 0 bridgehead atoms. The zero-order valence-corrected chi connectivity index (χ0v) is 19.8. The lowest BCUT2D eigenvalue weighted by Gasteiger charge is -2.18. The van der Waals surface area contributed by atoms with Crippen LogP contribution in [-0.2, 0) is 10.0 Å². The van der Waals surface area contributed by atoms with Gasteiger partial charge in [0.1, 0.15) is 18.1 Å². The Morgan fingerprint density at radius 1 is 0.879 bits per heavy atom. The van der Waals surface area contributed by atoms with Gasteiger partial charge in [0.05, 0.1) is 18.0 Å². The fraction of sp³-hybridized carbons (Fsp3) is 0.240. The van der Waals surface area contributed by atoms with E-state index in [9.17, 15) is 13.2 Å². The van der Waals surface area contributed by atoms with Crippen LogP contribution in [0.15, 0.2) is 77.7 Å². The molecule has 0 aliphatic rings. The number of sulfonamides is 1. The Morgan fingerprint density at radius 3 is 2.06 bits per heavy atom. The van der Waals surface area contributed by atoms with Crippen molar-refractivity contribution in [3.63, 3.8) is 0 Å². The van der Waals surface area contributed by atoms with E-state index < -0.39 is 10.0 Å². The van der Waals surface area contributed by atoms with Crippen molar-refractivity contribution in [1.82, 2.24) is 4.90 Å². The van der Waals surface area contributed by atoms with Crippen LogP contribution >= 0.6 is 0 Å². The fourth-order valence-electron chi connectivity index (χ4n) is 3.03. The predicted molar refractivity (Wildman–Crippen MR) is 128 cm³/mol. The molecule has 3 aromatic carbocycles. The molecule has 8 heteroatoms. The third-order valence-electron chi connectivity index (χ3n) is 4.89. The van der Waals surface area contributed by atoms with E-state index in [0.29, 0.717) is 36.8 Å². The Kier molecular flexibility index (Phi) is 7.95. The standard InChI is InChI=1S/C25H28N2O5S/c1-4-31-22-13-15-24(16-14-22)33(29,30)26-21-9-7-20(8-10-21)25(28)27(3)17-18-32-23-11-5-19(2)6-12-23/h5-16,26H,4,17-18H2,1-3H3. The molecule has 0 spiro atoms. The lowest BCUT2D eigenvalue weighted by molar-refractivity contribution is 0.0774. The summed E-state index contributed by atoms with van der Waals surface area (Å²) in [7, 11) is -2.06. The molecule has 7 nitrogen and oxygen atoms in total. The van der Waals surface area contributed by atoms with Gasteiger partial charge in [-0.2, -0.15) is 0 Å². The molecule has 0 radical (unpaired) electrons. The number of carbonyl (C=O) groups is 1. The van der Waals surface area contributed by atoms with Crippen molar-refractivity contribution in [3.05, 3.63) is 83.9 Å². The first-order valence-electron chi connectivity index (χ1n) is 10.6. The van der Waals surface area contributed by atoms with E-state index in [1.54, 1.807) is 48.3 Å². The molecule has 3 rings (SSSR count). The van der Waals surface area contributed by atoms with Gasteiger partial charge < -0.3 is 14.4 Å². The SMILES string of the molecule is CCOc1ccc(S(=O)(=O)Nc2ccc(C(=O)N(C)CCOc3ccc(C)cc3)cc2)cc1. The van der Waals surface area contributed by atoms with Gasteiger partial charge in [-0.25, -0.2) is 8.42 Å². The largest absolute Gasteiger partial charge is 0.494 e. The molecule has 0 atom stereocenters. The highest BCUT2D eigenvalue weighted by atomic mass is 32.2. The van der Waals surface area contributed by atoms with E-state index in [2.05, 4.69) is 4.72 Å². The van der Waals surface area contributed by atoms with Gasteiger partial charge in [0.2, 0.25) is 0 Å². The first-order chi connectivity index (χ1) is 15.8. The number of hydrogen-bond acceptors (Lipinski definition) is 5. The van der Waals surface area contributed by atoms with Gasteiger partial charge in [-0.3, -0.25) is 9.52 Å². The van der Waals surface area contributed by atoms with Crippen molar-refractivity contribution in [2.24, 2.45) is 0 Å². The molecule has 174 valence electrons. The summed E-state index contributed by atoms with van der Waals surface area (Å²) in [6, 6.07) is 20.2. The van der Waals surface area contributed by atoms with Crippen molar-refractivity contribution in [2.75, 3.05) is 31.5 Å². The van der Waals surface area contributed by atoms with Gasteiger partial charge in [0.15, 0.2) is 0 Å². The zero-order valence-electron chi connectivity index (χ0n) is 18.9. The van der Waals surface area contributed by atoms with E-state index >= 15 is 0 Å². The van der Waals surface area contributed by atoms with E-state index in [-0.39, 0.29) is 10.8 Å². The quantitative estimate of drug-likeness (QED) is 0.478. The number of ether oxygens (including phenoxy) is 2. The summed E-state index contributed by atoms with van der Waals surface area (Å²) in [5.74, 6) is 1.18. The predicted octanol–water partition coefficient (Wildman–Crippen LogP) is 4.35. The monoisotopic (exact) mass is 468 g/mol. The van der Waals surface area contributed by atoms with Crippen LogP contribution in [0.1, 0.15) is 22.8 Å². The second-order valence-corrected chi connectivity index (χ2v) is 9.16. The first-order valence-corrected chi connectivity index (χ1v) is 12.1. The lowest BCUT2D eigenvalue weighted by atomic mass is 10.2. The molecular weight excluding hydrogens is 440 g/mol. The molecule has 0 aliphatic carbocycles. The first kappa shape index (κ1) is 24.1. The van der Waals surface area contributed by atoms with Gasteiger partial charge in [-0.1, -0.05) is 17.7 Å². The number of hydrogen-bond donors (Lipinski definition) is 1. The summed E-state index contributed by atoms with van der Waals surface area (Å²) in [6.45, 7) is 5.15. The van der Waals surface area contributed by atoms with Crippen molar-refractivity contribution in [2.45, 2.75) is 18.7 Å². The number of aryl methyl sites for hydroxylation is 1. The summed E-state index contributed by atoms with van der Waals surface area (Å²) in [6.07, 6.45) is 0. The Bertz CT molecular complexity index is 1160. The molecule has 3 aromatic rings. The van der Waals surface area contributed by atoms with Crippen molar-refractivity contribution in [3.8, 4) is 11.5 Å². The van der Waals surface area contributed by atoms with Crippen molar-refractivity contribution in [1.29, 1.82) is 0 Å². The zero-order chi connectivity index (χ0) is 23.8. The second kappa shape index (κ2) is 10.9. The number of likely N-dealkylation sites (N-methyl/N-ethyl adjacent to an activating group) is 1. The van der Waals surface area contributed by atoms with Gasteiger partial charge in [-0.05, 0) is 74.5 Å². The minimum absolute atomic E-state index is 0.124. The normalized spacial score (nSPS) is 11.0. The number of anilines is 1. The van der Waals surface area contributed by atoms with Crippen LogP contribution in [0.4, 0.5) is 5.69 Å². The Morgan fingerprint density at radius 2 is 1.45 bits per heavy atom. The summed E-state index contributed by atoms with van der Waals surface area (Å²) in [5.41, 5.74) is 1.97. The molecule has 0 unspecified atom stereocenters. The molecule has 0 saturated carbocycles. The maximum atomic E-state index is 12.7. The number of nitrogens with one attached hydrogen (secondary N) is 1. The van der Waals surface area contributed by atoms with Crippen LogP contribution in [0.25, 0.3) is 0 Å². The Hall–Kier alpha value is -3.52. The molecule has 0 heterocycles. The minimum Gasteiger partial charge on any atom is -0.494 e. The molecular formula is C25H28N2O5S. The van der Waals surface area contributed by atoms with Gasteiger partial charge >= 0.3 is 0 Å². The third kappa shape index (κ3) is 6.73. The summed E-state index contributed by atoms with van der Waals surface area (Å²) >= 11 is 0. The maximum Gasteiger partial charge on any atom is 0.261 e. The summed E-state index contributed by atoms with van der Waals surface area (Å²) in [5, 5.41) is 0. The van der Waals surface area contributed by atoms with Gasteiger partial charge in [0, 0.05) is 18.3 Å². The van der Waals surface area contributed by atoms with E-state index in [4.69, 9.17) is 9.47 Å². The van der Waals surface area contributed by atoms with Crippen LogP contribution in [0, 0.1) is 6.92 Å². The van der Waals surface area contributed by atoms with Crippen molar-refractivity contribution >= 4 is 21.6 Å². The van der Waals surface area contributed by atoms with Gasteiger partial charge in [-0.15, -0.1) is 0 Å². The lowest BCUT2D eigenvalue weighted by Crippen LogP contribution is -2.30. The molecule has 33 heavy (non-hydrogen) atoms. The highest BCUT2D eigenvalue weighted by molar-refractivity contribution is 7.92. The topological polar surface area (TPSA) is 84.9 Å². The van der Waals surface area contributed by atoms with Crippen LogP contribution in [0.2, 0.25) is 0 Å². The minimum atomic E-state index is -3.75. The third-order valence-corrected chi connectivity index (χ3v) is 6.29. The van der Waals surface area contributed by atoms with Crippen molar-refractivity contribution < 1.29 is 22.7 Å². The van der Waals surface area contributed by atoms with Crippen LogP contribution in [0.3, 0.4) is 0 Å². The van der Waals surface area contributed by atoms with E-state index in [0.717, 1.165) is 11.3 Å². The Labute approximate surface area is 195 Å². The molecule has 0 saturated heterocycles. The molecule has 0 aliphatic heterocycles. The van der Waals surface area contributed by atoms with Crippen LogP contribution in [-0.4, -0.2) is 46.0 Å². The number of nitrogens with zero attached hydrogens (tertiary/aromatic N) is 1. The highest BCUT2D eigenvalue weighted by Crippen LogP contribution is 2.20. The fourth-order valence-corrected chi connectivity index (χ4v) is 4.09. The average Bonchev–Trinajstić information content (AvgIpc) is 2.81. The highest BCUT2D eigenvalue weighted by Gasteiger charge is 2.16. The maximum absolute atomic E-state index is 12.7. The summed E-state index contributed by atoms with van der Waals surface area (Å²) < 4.78 is 38.8. The number of carbonyl (C=O) groups excluding carboxylic acids is 1. The smallest absolute Gasteiger partial charge is 0.261 e. The number of benzene rings is 3. The average molecular weight is 469 g/mol. The van der Waals surface area contributed by atoms with Crippen LogP contribution < -0.4 is 14.2 Å². The van der Waals surface area contributed by atoms with E-state index in [1.807, 2.05) is 38.1 Å². The molecule has 0 aromatic heterocycles. The second-order valence-electron chi connectivity index (χ2n) is 7.48. The molecule has 0 fully saturated rings. The van der Waals surface area contributed by atoms with Crippen LogP contribution in [0.5, 0.6) is 11.5 Å². The Balaban J connectivity index is 1.55. The molecule has 1 N–H and O–H groups in total. The van der Waals surface area contributed by atoms with E-state index in [1.165, 1.54) is 12.1 Å².